The van der Waals surface area contributed by atoms with Crippen molar-refractivity contribution in [1.82, 2.24) is 9.55 Å². The van der Waals surface area contributed by atoms with E-state index < -0.39 is 0 Å². The summed E-state index contributed by atoms with van der Waals surface area (Å²) in [5, 5.41) is 2.88. The molecule has 3 rings (SSSR count). The van der Waals surface area contributed by atoms with Gasteiger partial charge in [-0.05, 0) is 30.7 Å². The van der Waals surface area contributed by atoms with E-state index >= 15 is 0 Å². The van der Waals surface area contributed by atoms with Gasteiger partial charge in [0.05, 0.1) is 13.7 Å². The molecule has 1 aromatic carbocycles. The van der Waals surface area contributed by atoms with Gasteiger partial charge in [-0.25, -0.2) is 4.98 Å². The Bertz CT molecular complexity index is 655. The molecule has 0 radical (unpaired) electrons. The number of nitrogens with one attached hydrogen (secondary N) is 1. The number of carbonyl (C=O) groups is 1. The number of nitrogens with zero attached hydrogens (tertiary/aromatic N) is 2. The largest absolute Gasteiger partial charge is 0.497 e. The molecule has 0 fully saturated rings. The van der Waals surface area contributed by atoms with Crippen LogP contribution < -0.4 is 10.1 Å². The minimum absolute atomic E-state index is 0.217. The van der Waals surface area contributed by atoms with Gasteiger partial charge in [-0.1, -0.05) is 0 Å². The molecule has 0 spiro atoms. The first-order valence-electron chi connectivity index (χ1n) is 6.77. The zero-order chi connectivity index (χ0) is 14.8. The normalized spacial score (nSPS) is 13.6. The second kappa shape index (κ2) is 5.57. The lowest BCUT2D eigenvalue weighted by molar-refractivity contribution is 0.0816. The fourth-order valence-electron chi connectivity index (χ4n) is 2.29. The van der Waals surface area contributed by atoms with Crippen molar-refractivity contribution in [2.75, 3.05) is 19.0 Å². The minimum Gasteiger partial charge on any atom is -0.497 e. The second-order valence-electron chi connectivity index (χ2n) is 4.92. The maximum Gasteiger partial charge on any atom is 0.275 e. The summed E-state index contributed by atoms with van der Waals surface area (Å²) in [6, 6.07) is 5.52. The SMILES string of the molecule is COc1ccc(NC(=O)c2cn3c(n2)COCC3)c(C)c1. The predicted molar refractivity (Wildman–Crippen MR) is 77.6 cm³/mol. The van der Waals surface area contributed by atoms with E-state index in [9.17, 15) is 4.79 Å². The highest BCUT2D eigenvalue weighted by Crippen LogP contribution is 2.21. The van der Waals surface area contributed by atoms with Crippen LogP contribution in [0.1, 0.15) is 21.9 Å². The predicted octanol–water partition coefficient (Wildman–Crippen LogP) is 1.98. The fourth-order valence-corrected chi connectivity index (χ4v) is 2.29. The van der Waals surface area contributed by atoms with Gasteiger partial charge < -0.3 is 19.4 Å². The first-order chi connectivity index (χ1) is 10.2. The van der Waals surface area contributed by atoms with E-state index in [1.807, 2.05) is 29.7 Å². The third-order valence-electron chi connectivity index (χ3n) is 3.48. The van der Waals surface area contributed by atoms with Crippen LogP contribution in [0.3, 0.4) is 0 Å². The molecular weight excluding hydrogens is 270 g/mol. The number of benzene rings is 1. The number of methoxy groups -OCH3 is 1. The van der Waals surface area contributed by atoms with Crippen molar-refractivity contribution in [1.29, 1.82) is 0 Å². The van der Waals surface area contributed by atoms with E-state index in [-0.39, 0.29) is 5.91 Å². The molecule has 0 aliphatic carbocycles. The lowest BCUT2D eigenvalue weighted by Crippen LogP contribution is -2.15. The van der Waals surface area contributed by atoms with Crippen molar-refractivity contribution in [3.63, 3.8) is 0 Å². The van der Waals surface area contributed by atoms with E-state index in [1.54, 1.807) is 13.3 Å². The van der Waals surface area contributed by atoms with Crippen molar-refractivity contribution in [3.05, 3.63) is 41.5 Å². The highest BCUT2D eigenvalue weighted by molar-refractivity contribution is 6.03. The Morgan fingerprint density at radius 1 is 1.48 bits per heavy atom. The Labute approximate surface area is 122 Å². The summed E-state index contributed by atoms with van der Waals surface area (Å²) in [6.07, 6.45) is 1.77. The zero-order valence-corrected chi connectivity index (χ0v) is 12.0. The first kappa shape index (κ1) is 13.6. The number of hydrogen-bond donors (Lipinski definition) is 1. The number of fused-ring (bicyclic) bond motifs is 1. The number of aromatic nitrogens is 2. The molecule has 0 atom stereocenters. The topological polar surface area (TPSA) is 65.4 Å². The summed E-state index contributed by atoms with van der Waals surface area (Å²) in [6.45, 7) is 3.76. The molecule has 1 aromatic heterocycles. The number of anilines is 1. The van der Waals surface area contributed by atoms with Gasteiger partial charge in [0.25, 0.3) is 5.91 Å². The summed E-state index contributed by atoms with van der Waals surface area (Å²) < 4.78 is 12.4. The van der Waals surface area contributed by atoms with Crippen molar-refractivity contribution < 1.29 is 14.3 Å². The monoisotopic (exact) mass is 287 g/mol. The van der Waals surface area contributed by atoms with Gasteiger partial charge in [-0.15, -0.1) is 0 Å². The number of amides is 1. The van der Waals surface area contributed by atoms with Crippen LogP contribution in [0.5, 0.6) is 5.75 Å². The number of ether oxygens (including phenoxy) is 2. The lowest BCUT2D eigenvalue weighted by atomic mass is 10.2. The molecule has 1 aliphatic rings. The number of aryl methyl sites for hydroxylation is 1. The molecule has 1 aliphatic heterocycles. The van der Waals surface area contributed by atoms with Crippen LogP contribution >= 0.6 is 0 Å². The number of imidazole rings is 1. The van der Waals surface area contributed by atoms with Crippen LogP contribution in [0.25, 0.3) is 0 Å². The lowest BCUT2D eigenvalue weighted by Gasteiger charge is -2.13. The number of hydrogen-bond acceptors (Lipinski definition) is 4. The van der Waals surface area contributed by atoms with Gasteiger partial charge in [0.2, 0.25) is 0 Å². The third kappa shape index (κ3) is 2.75. The highest BCUT2D eigenvalue weighted by Gasteiger charge is 2.17. The first-order valence-corrected chi connectivity index (χ1v) is 6.77. The maximum atomic E-state index is 12.3. The Kier molecular flexibility index (Phi) is 3.62. The van der Waals surface area contributed by atoms with Crippen LogP contribution in [-0.4, -0.2) is 29.2 Å². The van der Waals surface area contributed by atoms with E-state index in [0.717, 1.165) is 29.4 Å². The van der Waals surface area contributed by atoms with Crippen LogP contribution in [0.2, 0.25) is 0 Å². The van der Waals surface area contributed by atoms with Gasteiger partial charge in [-0.2, -0.15) is 0 Å². The summed E-state index contributed by atoms with van der Waals surface area (Å²) in [4.78, 5) is 16.6. The standard InChI is InChI=1S/C15H17N3O3/c1-10-7-11(20-2)3-4-12(10)17-15(19)13-8-18-5-6-21-9-14(18)16-13/h3-4,7-8H,5-6,9H2,1-2H3,(H,17,19). The van der Waals surface area contributed by atoms with Gasteiger partial charge in [-0.3, -0.25) is 4.79 Å². The average Bonchev–Trinajstić information content (AvgIpc) is 2.93. The van der Waals surface area contributed by atoms with Crippen LogP contribution in [0.15, 0.2) is 24.4 Å². The van der Waals surface area contributed by atoms with Gasteiger partial charge in [0, 0.05) is 18.4 Å². The molecule has 2 aromatic rings. The molecule has 1 N–H and O–H groups in total. The summed E-state index contributed by atoms with van der Waals surface area (Å²) in [5.41, 5.74) is 2.10. The molecular formula is C15H17N3O3. The Morgan fingerprint density at radius 3 is 3.05 bits per heavy atom. The average molecular weight is 287 g/mol. The molecule has 0 bridgehead atoms. The van der Waals surface area contributed by atoms with Gasteiger partial charge in [0.15, 0.2) is 0 Å². The number of carbonyl (C=O) groups excluding carboxylic acids is 1. The molecule has 2 heterocycles. The molecule has 6 heteroatoms. The van der Waals surface area contributed by atoms with Crippen molar-refractivity contribution in [3.8, 4) is 5.75 Å². The minimum atomic E-state index is -0.217. The molecule has 6 nitrogen and oxygen atoms in total. The molecule has 0 saturated heterocycles. The Balaban J connectivity index is 1.78. The van der Waals surface area contributed by atoms with E-state index in [0.29, 0.717) is 18.9 Å². The molecule has 1 amide bonds. The second-order valence-corrected chi connectivity index (χ2v) is 4.92. The fraction of sp³-hybridized carbons (Fsp3) is 0.333. The summed E-state index contributed by atoms with van der Waals surface area (Å²) in [5.74, 6) is 1.34. The van der Waals surface area contributed by atoms with Crippen LogP contribution in [0.4, 0.5) is 5.69 Å². The Morgan fingerprint density at radius 2 is 2.33 bits per heavy atom. The van der Waals surface area contributed by atoms with Crippen molar-refractivity contribution in [2.24, 2.45) is 0 Å². The third-order valence-corrected chi connectivity index (χ3v) is 3.48. The maximum absolute atomic E-state index is 12.3. The molecule has 21 heavy (non-hydrogen) atoms. The molecule has 0 saturated carbocycles. The van der Waals surface area contributed by atoms with E-state index in [2.05, 4.69) is 10.3 Å². The zero-order valence-electron chi connectivity index (χ0n) is 12.0. The molecule has 110 valence electrons. The van der Waals surface area contributed by atoms with E-state index in [1.165, 1.54) is 0 Å². The quantitative estimate of drug-likeness (QED) is 0.937. The highest BCUT2D eigenvalue weighted by atomic mass is 16.5. The summed E-state index contributed by atoms with van der Waals surface area (Å²) in [7, 11) is 1.62. The molecule has 0 unspecified atom stereocenters. The smallest absolute Gasteiger partial charge is 0.275 e. The van der Waals surface area contributed by atoms with Crippen molar-refractivity contribution >= 4 is 11.6 Å². The van der Waals surface area contributed by atoms with Gasteiger partial charge in [0.1, 0.15) is 23.9 Å². The van der Waals surface area contributed by atoms with E-state index in [4.69, 9.17) is 9.47 Å². The van der Waals surface area contributed by atoms with Crippen LogP contribution in [0, 0.1) is 6.92 Å². The summed E-state index contributed by atoms with van der Waals surface area (Å²) >= 11 is 0. The van der Waals surface area contributed by atoms with Crippen molar-refractivity contribution in [2.45, 2.75) is 20.1 Å². The Hall–Kier alpha value is -2.34. The van der Waals surface area contributed by atoms with Crippen LogP contribution in [-0.2, 0) is 17.9 Å². The van der Waals surface area contributed by atoms with Gasteiger partial charge >= 0.3 is 0 Å². The number of rotatable bonds is 3.